The lowest BCUT2D eigenvalue weighted by Gasteiger charge is -2.04. The molecule has 2 aromatic rings. The van der Waals surface area contributed by atoms with Crippen molar-refractivity contribution in [2.45, 2.75) is 6.92 Å². The van der Waals surface area contributed by atoms with Crippen LogP contribution in [0.25, 0.3) is 11.5 Å². The predicted octanol–water partition coefficient (Wildman–Crippen LogP) is 0.927. The Bertz CT molecular complexity index is 649. The molecule has 18 heavy (non-hydrogen) atoms. The average Bonchev–Trinajstić information content (AvgIpc) is 2.38. The van der Waals surface area contributed by atoms with Gasteiger partial charge >= 0.3 is 5.97 Å². The van der Waals surface area contributed by atoms with Crippen LogP contribution >= 0.6 is 0 Å². The highest BCUT2D eigenvalue weighted by Crippen LogP contribution is 2.14. The smallest absolute Gasteiger partial charge is 0.345 e. The molecule has 6 heteroatoms. The number of aromatic amines is 1. The molecule has 2 rings (SSSR count). The third-order valence-electron chi connectivity index (χ3n) is 2.44. The van der Waals surface area contributed by atoms with Crippen molar-refractivity contribution in [1.82, 2.24) is 15.0 Å². The molecular formula is C12H11N3O3. The number of methoxy groups -OCH3 is 1. The Balaban J connectivity index is 2.51. The van der Waals surface area contributed by atoms with E-state index < -0.39 is 11.5 Å². The van der Waals surface area contributed by atoms with E-state index in [4.69, 9.17) is 0 Å². The average molecular weight is 245 g/mol. The van der Waals surface area contributed by atoms with E-state index in [2.05, 4.69) is 19.7 Å². The lowest BCUT2D eigenvalue weighted by Crippen LogP contribution is -2.20. The number of esters is 1. The van der Waals surface area contributed by atoms with Crippen LogP contribution in [-0.4, -0.2) is 28.0 Å². The van der Waals surface area contributed by atoms with Crippen molar-refractivity contribution >= 4 is 5.97 Å². The third kappa shape index (κ3) is 2.13. The van der Waals surface area contributed by atoms with E-state index in [1.54, 1.807) is 12.3 Å². The van der Waals surface area contributed by atoms with Crippen LogP contribution < -0.4 is 5.56 Å². The fraction of sp³-hybridized carbons (Fsp3) is 0.167. The maximum Gasteiger partial charge on any atom is 0.345 e. The van der Waals surface area contributed by atoms with Gasteiger partial charge in [0.1, 0.15) is 11.3 Å². The topological polar surface area (TPSA) is 84.9 Å². The molecule has 0 atom stereocenters. The van der Waals surface area contributed by atoms with Gasteiger partial charge in [0.25, 0.3) is 5.56 Å². The lowest BCUT2D eigenvalue weighted by atomic mass is 10.2. The van der Waals surface area contributed by atoms with Crippen LogP contribution in [0.3, 0.4) is 0 Å². The first-order chi connectivity index (χ1) is 8.63. The van der Waals surface area contributed by atoms with Crippen molar-refractivity contribution in [3.8, 4) is 11.5 Å². The van der Waals surface area contributed by atoms with Gasteiger partial charge < -0.3 is 9.72 Å². The molecule has 2 heterocycles. The molecule has 2 aromatic heterocycles. The van der Waals surface area contributed by atoms with E-state index in [0.29, 0.717) is 11.5 Å². The molecule has 0 unspecified atom stereocenters. The number of hydrogen-bond donors (Lipinski definition) is 1. The molecule has 0 aliphatic carbocycles. The number of carbonyl (C=O) groups excluding carboxylic acids is 1. The van der Waals surface area contributed by atoms with Gasteiger partial charge in [0.05, 0.1) is 7.11 Å². The first-order valence-electron chi connectivity index (χ1n) is 5.23. The zero-order valence-corrected chi connectivity index (χ0v) is 9.93. The highest BCUT2D eigenvalue weighted by atomic mass is 16.5. The summed E-state index contributed by atoms with van der Waals surface area (Å²) >= 11 is 0. The van der Waals surface area contributed by atoms with Crippen molar-refractivity contribution < 1.29 is 9.53 Å². The minimum absolute atomic E-state index is 0.130. The zero-order chi connectivity index (χ0) is 13.1. The minimum atomic E-state index is -0.715. The Morgan fingerprint density at radius 2 is 2.17 bits per heavy atom. The quantitative estimate of drug-likeness (QED) is 0.795. The first-order valence-corrected chi connectivity index (χ1v) is 5.23. The van der Waals surface area contributed by atoms with Gasteiger partial charge in [-0.05, 0) is 18.6 Å². The van der Waals surface area contributed by atoms with Crippen LogP contribution in [0, 0.1) is 6.92 Å². The molecule has 0 aromatic carbocycles. The van der Waals surface area contributed by atoms with E-state index in [1.807, 2.05) is 13.0 Å². The lowest BCUT2D eigenvalue weighted by molar-refractivity contribution is 0.0598. The van der Waals surface area contributed by atoms with Crippen LogP contribution in [0.4, 0.5) is 0 Å². The van der Waals surface area contributed by atoms with Gasteiger partial charge in [-0.1, -0.05) is 6.07 Å². The molecule has 1 N–H and O–H groups in total. The molecule has 6 nitrogen and oxygen atoms in total. The number of nitrogens with one attached hydrogen (secondary N) is 1. The number of aryl methyl sites for hydroxylation is 1. The van der Waals surface area contributed by atoms with E-state index in [1.165, 1.54) is 13.3 Å². The summed E-state index contributed by atoms with van der Waals surface area (Å²) in [5.74, 6) is -0.390. The number of carbonyl (C=O) groups is 1. The fourth-order valence-corrected chi connectivity index (χ4v) is 1.50. The fourth-order valence-electron chi connectivity index (χ4n) is 1.50. The van der Waals surface area contributed by atoms with Crippen LogP contribution in [-0.2, 0) is 4.74 Å². The van der Waals surface area contributed by atoms with E-state index in [-0.39, 0.29) is 5.56 Å². The molecule has 0 spiro atoms. The predicted molar refractivity (Wildman–Crippen MR) is 64.2 cm³/mol. The Kier molecular flexibility index (Phi) is 3.18. The first kappa shape index (κ1) is 12.0. The summed E-state index contributed by atoms with van der Waals surface area (Å²) in [4.78, 5) is 33.6. The van der Waals surface area contributed by atoms with Gasteiger partial charge in [0.15, 0.2) is 5.82 Å². The van der Waals surface area contributed by atoms with Crippen LogP contribution in [0.5, 0.6) is 0 Å². The maximum atomic E-state index is 11.7. The van der Waals surface area contributed by atoms with Crippen molar-refractivity contribution in [1.29, 1.82) is 0 Å². The molecule has 0 bridgehead atoms. The van der Waals surface area contributed by atoms with Gasteiger partial charge in [-0.3, -0.25) is 9.78 Å². The molecular weight excluding hydrogens is 234 g/mol. The summed E-state index contributed by atoms with van der Waals surface area (Å²) in [6, 6.07) is 3.65. The number of H-pyrrole nitrogens is 1. The van der Waals surface area contributed by atoms with Crippen molar-refractivity contribution in [2.24, 2.45) is 0 Å². The number of ether oxygens (including phenoxy) is 1. The second-order valence-electron chi connectivity index (χ2n) is 3.64. The van der Waals surface area contributed by atoms with E-state index >= 15 is 0 Å². The zero-order valence-electron chi connectivity index (χ0n) is 9.93. The van der Waals surface area contributed by atoms with Gasteiger partial charge in [-0.25, -0.2) is 9.78 Å². The minimum Gasteiger partial charge on any atom is -0.465 e. The third-order valence-corrected chi connectivity index (χ3v) is 2.44. The highest BCUT2D eigenvalue weighted by molar-refractivity contribution is 5.88. The maximum absolute atomic E-state index is 11.7. The Morgan fingerprint density at radius 3 is 2.78 bits per heavy atom. The van der Waals surface area contributed by atoms with Crippen molar-refractivity contribution in [2.75, 3.05) is 7.11 Å². The summed E-state index contributed by atoms with van der Waals surface area (Å²) in [6.45, 7) is 1.86. The van der Waals surface area contributed by atoms with Crippen molar-refractivity contribution in [3.63, 3.8) is 0 Å². The molecule has 0 saturated carbocycles. The summed E-state index contributed by atoms with van der Waals surface area (Å²) < 4.78 is 4.47. The number of rotatable bonds is 2. The molecule has 0 radical (unpaired) electrons. The summed E-state index contributed by atoms with van der Waals surface area (Å²) in [5.41, 5.74) is 0.782. The van der Waals surface area contributed by atoms with E-state index in [9.17, 15) is 9.59 Å². The summed E-state index contributed by atoms with van der Waals surface area (Å²) in [6.07, 6.45) is 2.80. The second kappa shape index (κ2) is 4.79. The number of nitrogens with zero attached hydrogens (tertiary/aromatic N) is 2. The molecule has 0 aliphatic heterocycles. The molecule has 0 amide bonds. The van der Waals surface area contributed by atoms with Gasteiger partial charge in [0, 0.05) is 12.4 Å². The summed E-state index contributed by atoms with van der Waals surface area (Å²) in [7, 11) is 1.21. The van der Waals surface area contributed by atoms with Gasteiger partial charge in [0.2, 0.25) is 0 Å². The Morgan fingerprint density at radius 1 is 1.39 bits per heavy atom. The molecule has 0 fully saturated rings. The monoisotopic (exact) mass is 245 g/mol. The molecule has 0 saturated heterocycles. The standard InChI is InChI=1S/C12H11N3O3/c1-7-4-3-5-13-9(7)10-14-6-8(11(16)15-10)12(17)18-2/h3-6H,1-2H3,(H,14,15,16). The van der Waals surface area contributed by atoms with E-state index in [0.717, 1.165) is 5.56 Å². The number of pyridine rings is 1. The van der Waals surface area contributed by atoms with Gasteiger partial charge in [-0.2, -0.15) is 0 Å². The molecule has 92 valence electrons. The largest absolute Gasteiger partial charge is 0.465 e. The Labute approximate surface area is 103 Å². The van der Waals surface area contributed by atoms with Crippen LogP contribution in [0.15, 0.2) is 29.3 Å². The van der Waals surface area contributed by atoms with Gasteiger partial charge in [-0.15, -0.1) is 0 Å². The highest BCUT2D eigenvalue weighted by Gasteiger charge is 2.13. The summed E-state index contributed by atoms with van der Waals surface area (Å²) in [5, 5.41) is 0. The number of aromatic nitrogens is 3. The number of hydrogen-bond acceptors (Lipinski definition) is 5. The van der Waals surface area contributed by atoms with Crippen molar-refractivity contribution in [3.05, 3.63) is 46.0 Å². The molecule has 0 aliphatic rings. The van der Waals surface area contributed by atoms with Crippen LogP contribution in [0.2, 0.25) is 0 Å². The second-order valence-corrected chi connectivity index (χ2v) is 3.64. The normalized spacial score (nSPS) is 10.1. The SMILES string of the molecule is COC(=O)c1cnc(-c2ncccc2C)[nH]c1=O. The van der Waals surface area contributed by atoms with Crippen LogP contribution in [0.1, 0.15) is 15.9 Å². The Hall–Kier alpha value is -2.50.